The number of rotatable bonds is 2. The van der Waals surface area contributed by atoms with Crippen LogP contribution in [0.4, 0.5) is 5.82 Å². The second kappa shape index (κ2) is 4.07. The molecule has 5 heteroatoms. The van der Waals surface area contributed by atoms with Crippen molar-refractivity contribution in [1.82, 2.24) is 9.97 Å². The van der Waals surface area contributed by atoms with Crippen LogP contribution < -0.4 is 4.90 Å². The van der Waals surface area contributed by atoms with Gasteiger partial charge in [0.15, 0.2) is 6.29 Å². The molecule has 0 N–H and O–H groups in total. The van der Waals surface area contributed by atoms with Gasteiger partial charge < -0.3 is 4.90 Å². The SMILES string of the molecule is [O][C@H]1C[C@H]2CC[C@@H](C1)N2c1cnc(C=O)cn1. The van der Waals surface area contributed by atoms with E-state index in [0.717, 1.165) is 18.7 Å². The highest BCUT2D eigenvalue weighted by molar-refractivity contribution is 5.71. The van der Waals surface area contributed by atoms with E-state index >= 15 is 0 Å². The summed E-state index contributed by atoms with van der Waals surface area (Å²) in [6.45, 7) is 0. The molecule has 3 rings (SSSR count). The summed E-state index contributed by atoms with van der Waals surface area (Å²) in [6, 6.07) is 0.625. The maximum Gasteiger partial charge on any atom is 0.170 e. The van der Waals surface area contributed by atoms with Gasteiger partial charge in [0.25, 0.3) is 0 Å². The molecule has 1 aromatic heterocycles. The lowest BCUT2D eigenvalue weighted by atomic mass is 10.0. The maximum absolute atomic E-state index is 11.6. The van der Waals surface area contributed by atoms with Crippen molar-refractivity contribution in [1.29, 1.82) is 0 Å². The van der Waals surface area contributed by atoms with Crippen molar-refractivity contribution >= 4 is 12.1 Å². The van der Waals surface area contributed by atoms with Crippen LogP contribution in [0.5, 0.6) is 0 Å². The minimum atomic E-state index is -0.425. The summed E-state index contributed by atoms with van der Waals surface area (Å²) in [4.78, 5) is 21.0. The summed E-state index contributed by atoms with van der Waals surface area (Å²) in [6.07, 6.45) is 6.94. The Bertz CT molecular complexity index is 406. The molecule has 2 fully saturated rings. The molecule has 2 aliphatic heterocycles. The first-order chi connectivity index (χ1) is 8.28. The number of anilines is 1. The van der Waals surface area contributed by atoms with Crippen molar-refractivity contribution in [2.45, 2.75) is 43.9 Å². The molecule has 0 unspecified atom stereocenters. The zero-order chi connectivity index (χ0) is 11.8. The summed E-state index contributed by atoms with van der Waals surface area (Å²) >= 11 is 0. The minimum absolute atomic E-state index is 0.313. The molecule has 3 atom stereocenters. The van der Waals surface area contributed by atoms with Crippen LogP contribution in [0.15, 0.2) is 12.4 Å². The summed E-state index contributed by atoms with van der Waals surface area (Å²) in [5, 5.41) is 11.6. The summed E-state index contributed by atoms with van der Waals surface area (Å²) in [5.74, 6) is 0.801. The van der Waals surface area contributed by atoms with Gasteiger partial charge in [0.1, 0.15) is 11.5 Å². The van der Waals surface area contributed by atoms with Gasteiger partial charge in [0.05, 0.1) is 18.5 Å². The van der Waals surface area contributed by atoms with E-state index in [2.05, 4.69) is 14.9 Å². The van der Waals surface area contributed by atoms with Crippen molar-refractivity contribution in [2.75, 3.05) is 4.90 Å². The first kappa shape index (κ1) is 10.7. The molecule has 17 heavy (non-hydrogen) atoms. The second-order valence-corrected chi connectivity index (χ2v) is 4.80. The fourth-order valence-electron chi connectivity index (χ4n) is 3.03. The third-order valence-electron chi connectivity index (χ3n) is 3.73. The summed E-state index contributed by atoms with van der Waals surface area (Å²) < 4.78 is 0. The second-order valence-electron chi connectivity index (χ2n) is 4.80. The molecule has 2 saturated heterocycles. The highest BCUT2D eigenvalue weighted by Gasteiger charge is 2.41. The molecule has 89 valence electrons. The molecule has 2 aliphatic rings. The van der Waals surface area contributed by atoms with Gasteiger partial charge in [0.2, 0.25) is 0 Å². The number of nitrogens with zero attached hydrogens (tertiary/aromatic N) is 3. The van der Waals surface area contributed by atoms with Crippen LogP contribution in [-0.4, -0.2) is 34.4 Å². The predicted molar refractivity (Wildman–Crippen MR) is 60.4 cm³/mol. The summed E-state index contributed by atoms with van der Waals surface area (Å²) in [5.41, 5.74) is 0.347. The number of carbonyl (C=O) groups excluding carboxylic acids is 1. The van der Waals surface area contributed by atoms with E-state index in [-0.39, 0.29) is 0 Å². The largest absolute Gasteiger partial charge is 0.349 e. The number of fused-ring (bicyclic) bond motifs is 2. The van der Waals surface area contributed by atoms with Crippen LogP contribution in [0.2, 0.25) is 0 Å². The molecule has 0 saturated carbocycles. The molecule has 5 nitrogen and oxygen atoms in total. The first-order valence-corrected chi connectivity index (χ1v) is 5.99. The van der Waals surface area contributed by atoms with Crippen molar-refractivity contribution in [2.24, 2.45) is 0 Å². The van der Waals surface area contributed by atoms with Gasteiger partial charge in [-0.25, -0.2) is 15.1 Å². The van der Waals surface area contributed by atoms with Gasteiger partial charge in [-0.1, -0.05) is 0 Å². The lowest BCUT2D eigenvalue weighted by molar-refractivity contribution is 0.0537. The average molecular weight is 232 g/mol. The highest BCUT2D eigenvalue weighted by atomic mass is 16.3. The number of carbonyl (C=O) groups is 1. The smallest absolute Gasteiger partial charge is 0.170 e. The van der Waals surface area contributed by atoms with Crippen LogP contribution in [0.3, 0.4) is 0 Å². The van der Waals surface area contributed by atoms with E-state index in [9.17, 15) is 9.90 Å². The molecule has 0 spiro atoms. The molecule has 0 aliphatic carbocycles. The van der Waals surface area contributed by atoms with Gasteiger partial charge in [-0.3, -0.25) is 4.79 Å². The Labute approximate surface area is 99.5 Å². The van der Waals surface area contributed by atoms with E-state index in [1.165, 1.54) is 6.20 Å². The average Bonchev–Trinajstić information content (AvgIpc) is 2.62. The number of piperidine rings is 1. The number of hydrogen-bond acceptors (Lipinski definition) is 4. The van der Waals surface area contributed by atoms with Crippen LogP contribution in [0.1, 0.15) is 36.2 Å². The van der Waals surface area contributed by atoms with Crippen LogP contribution in [0, 0.1) is 0 Å². The number of aromatic nitrogens is 2. The monoisotopic (exact) mass is 232 g/mol. The number of aldehydes is 1. The molecule has 0 aromatic carbocycles. The molecule has 0 amide bonds. The third-order valence-corrected chi connectivity index (χ3v) is 3.73. The van der Waals surface area contributed by atoms with Crippen molar-refractivity contribution in [3.63, 3.8) is 0 Å². The quantitative estimate of drug-likeness (QED) is 0.719. The van der Waals surface area contributed by atoms with Crippen molar-refractivity contribution in [3.05, 3.63) is 18.1 Å². The van der Waals surface area contributed by atoms with E-state index in [1.54, 1.807) is 6.20 Å². The third kappa shape index (κ3) is 1.80. The normalized spacial score (nSPS) is 31.6. The Morgan fingerprint density at radius 2 is 1.88 bits per heavy atom. The Balaban J connectivity index is 1.86. The zero-order valence-corrected chi connectivity index (χ0v) is 9.45. The van der Waals surface area contributed by atoms with Crippen LogP contribution in [-0.2, 0) is 5.11 Å². The van der Waals surface area contributed by atoms with E-state index in [1.807, 2.05) is 0 Å². The summed E-state index contributed by atoms with van der Waals surface area (Å²) in [7, 11) is 0. The lowest BCUT2D eigenvalue weighted by Gasteiger charge is -2.37. The number of hydrogen-bond donors (Lipinski definition) is 0. The Morgan fingerprint density at radius 1 is 1.18 bits per heavy atom. The van der Waals surface area contributed by atoms with Crippen molar-refractivity contribution in [3.8, 4) is 0 Å². The Hall–Kier alpha value is -1.49. The molecule has 2 bridgehead atoms. The molecule has 1 aromatic rings. The first-order valence-electron chi connectivity index (χ1n) is 5.99. The zero-order valence-electron chi connectivity index (χ0n) is 9.45. The van der Waals surface area contributed by atoms with E-state index < -0.39 is 6.10 Å². The van der Waals surface area contributed by atoms with Gasteiger partial charge in [-0.2, -0.15) is 0 Å². The lowest BCUT2D eigenvalue weighted by Crippen LogP contribution is -2.44. The minimum Gasteiger partial charge on any atom is -0.349 e. The fourth-order valence-corrected chi connectivity index (χ4v) is 3.03. The van der Waals surface area contributed by atoms with E-state index in [0.29, 0.717) is 36.9 Å². The van der Waals surface area contributed by atoms with Crippen LogP contribution in [0.25, 0.3) is 0 Å². The molecule has 1 radical (unpaired) electrons. The molecular formula is C12H14N3O2. The highest BCUT2D eigenvalue weighted by Crippen LogP contribution is 2.38. The van der Waals surface area contributed by atoms with E-state index in [4.69, 9.17) is 0 Å². The Morgan fingerprint density at radius 3 is 2.41 bits per heavy atom. The van der Waals surface area contributed by atoms with Gasteiger partial charge in [-0.15, -0.1) is 0 Å². The molecular weight excluding hydrogens is 218 g/mol. The van der Waals surface area contributed by atoms with Gasteiger partial charge >= 0.3 is 0 Å². The molecule has 3 heterocycles. The fraction of sp³-hybridized carbons (Fsp3) is 0.583. The topological polar surface area (TPSA) is 66.0 Å². The van der Waals surface area contributed by atoms with Crippen molar-refractivity contribution < 1.29 is 9.90 Å². The Kier molecular flexibility index (Phi) is 2.55. The predicted octanol–water partition coefficient (Wildman–Crippen LogP) is 1.22. The standard InChI is InChI=1S/C12H14N3O2/c16-7-8-5-14-12(6-13-8)15-9-1-2-10(15)4-11(17)3-9/h5-7,9-11H,1-4H2/t9-,10+,11+. The maximum atomic E-state index is 11.6. The van der Waals surface area contributed by atoms with Crippen LogP contribution >= 0.6 is 0 Å². The van der Waals surface area contributed by atoms with Gasteiger partial charge in [-0.05, 0) is 25.7 Å². The van der Waals surface area contributed by atoms with Gasteiger partial charge in [0, 0.05) is 12.1 Å².